The minimum absolute atomic E-state index is 0.126. The van der Waals surface area contributed by atoms with Gasteiger partial charge < -0.3 is 14.2 Å². The molecule has 0 aromatic carbocycles. The number of hydrogen-bond acceptors (Lipinski definition) is 4. The van der Waals surface area contributed by atoms with Gasteiger partial charge in [-0.3, -0.25) is 4.79 Å². The number of methoxy groups -OCH3 is 1. The van der Waals surface area contributed by atoms with Gasteiger partial charge in [-0.15, -0.1) is 0 Å². The van der Waals surface area contributed by atoms with E-state index in [1.807, 2.05) is 6.20 Å². The lowest BCUT2D eigenvalue weighted by atomic mass is 9.96. The molecule has 0 saturated carbocycles. The molecule has 0 radical (unpaired) electrons. The van der Waals surface area contributed by atoms with Crippen LogP contribution in [0.5, 0.6) is 0 Å². The first-order valence-electron chi connectivity index (χ1n) is 7.02. The number of nitrogens with zero attached hydrogens (tertiary/aromatic N) is 3. The Morgan fingerprint density at radius 3 is 2.95 bits per heavy atom. The average Bonchev–Trinajstić information content (AvgIpc) is 3.03. The molecule has 1 aromatic rings. The zero-order valence-corrected chi connectivity index (χ0v) is 11.6. The molecule has 0 bridgehead atoms. The number of hydrogen-bond donors (Lipinski definition) is 0. The van der Waals surface area contributed by atoms with Gasteiger partial charge in [0.25, 0.3) is 0 Å². The number of likely N-dealkylation sites (N-methyl/N-ethyl adjacent to an activating group) is 1. The Kier molecular flexibility index (Phi) is 3.31. The summed E-state index contributed by atoms with van der Waals surface area (Å²) in [7, 11) is 3.61. The van der Waals surface area contributed by atoms with E-state index in [1.54, 1.807) is 0 Å². The predicted octanol–water partition coefficient (Wildman–Crippen LogP) is 1.35. The molecule has 0 N–H and O–H groups in total. The van der Waals surface area contributed by atoms with Gasteiger partial charge in [-0.2, -0.15) is 0 Å². The van der Waals surface area contributed by atoms with Gasteiger partial charge in [-0.1, -0.05) is 0 Å². The van der Waals surface area contributed by atoms with E-state index < -0.39 is 0 Å². The Morgan fingerprint density at radius 1 is 1.42 bits per heavy atom. The van der Waals surface area contributed by atoms with Crippen molar-refractivity contribution in [3.05, 3.63) is 17.7 Å². The highest BCUT2D eigenvalue weighted by molar-refractivity contribution is 5.77. The lowest BCUT2D eigenvalue weighted by Crippen LogP contribution is -2.25. The second kappa shape index (κ2) is 4.96. The Bertz CT molecular complexity index is 483. The zero-order valence-electron chi connectivity index (χ0n) is 11.6. The van der Waals surface area contributed by atoms with E-state index in [2.05, 4.69) is 21.5 Å². The number of imidazole rings is 1. The number of carbonyl (C=O) groups excluding carboxylic acids is 1. The third kappa shape index (κ3) is 2.16. The second-order valence-corrected chi connectivity index (χ2v) is 5.66. The number of fused-ring (bicyclic) bond motifs is 1. The maximum Gasteiger partial charge on any atom is 0.314 e. The molecule has 19 heavy (non-hydrogen) atoms. The smallest absolute Gasteiger partial charge is 0.314 e. The highest BCUT2D eigenvalue weighted by Crippen LogP contribution is 2.33. The molecule has 5 nitrogen and oxygen atoms in total. The minimum Gasteiger partial charge on any atom is -0.469 e. The molecule has 0 spiro atoms. The Labute approximate surface area is 113 Å². The molecule has 2 aliphatic heterocycles. The first kappa shape index (κ1) is 12.7. The second-order valence-electron chi connectivity index (χ2n) is 5.66. The quantitative estimate of drug-likeness (QED) is 0.756. The molecule has 2 unspecified atom stereocenters. The largest absolute Gasteiger partial charge is 0.469 e. The highest BCUT2D eigenvalue weighted by atomic mass is 16.5. The van der Waals surface area contributed by atoms with Crippen LogP contribution in [0.1, 0.15) is 42.6 Å². The summed E-state index contributed by atoms with van der Waals surface area (Å²) in [5.41, 5.74) is 1.04. The number of likely N-dealkylation sites (tertiary alicyclic amines) is 1. The maximum atomic E-state index is 11.8. The van der Waals surface area contributed by atoms with Crippen LogP contribution in [0.4, 0.5) is 0 Å². The van der Waals surface area contributed by atoms with Gasteiger partial charge in [-0.05, 0) is 32.9 Å². The van der Waals surface area contributed by atoms with Crippen molar-refractivity contribution in [2.45, 2.75) is 37.6 Å². The molecule has 104 valence electrons. The Balaban J connectivity index is 1.90. The van der Waals surface area contributed by atoms with Crippen LogP contribution in [0.3, 0.4) is 0 Å². The summed E-state index contributed by atoms with van der Waals surface area (Å²) in [6.45, 7) is 3.19. The summed E-state index contributed by atoms with van der Waals surface area (Å²) >= 11 is 0. The van der Waals surface area contributed by atoms with Crippen LogP contribution < -0.4 is 0 Å². The minimum atomic E-state index is -0.129. The third-order valence-corrected chi connectivity index (χ3v) is 4.39. The fourth-order valence-corrected chi connectivity index (χ4v) is 3.38. The number of carbonyl (C=O) groups is 1. The Hall–Kier alpha value is -1.36. The van der Waals surface area contributed by atoms with E-state index in [4.69, 9.17) is 4.74 Å². The first-order valence-corrected chi connectivity index (χ1v) is 7.02. The molecule has 0 amide bonds. The molecule has 2 aliphatic rings. The van der Waals surface area contributed by atoms with E-state index in [1.165, 1.54) is 7.11 Å². The summed E-state index contributed by atoms with van der Waals surface area (Å²) in [4.78, 5) is 18.8. The van der Waals surface area contributed by atoms with Crippen LogP contribution in [-0.4, -0.2) is 47.7 Å². The van der Waals surface area contributed by atoms with Gasteiger partial charge in [0.05, 0.1) is 18.7 Å². The molecule has 0 aliphatic carbocycles. The van der Waals surface area contributed by atoms with Crippen LogP contribution in [0.25, 0.3) is 0 Å². The van der Waals surface area contributed by atoms with Gasteiger partial charge in [-0.25, -0.2) is 4.98 Å². The van der Waals surface area contributed by atoms with Crippen molar-refractivity contribution in [1.82, 2.24) is 14.5 Å². The van der Waals surface area contributed by atoms with Crippen molar-refractivity contribution < 1.29 is 9.53 Å². The van der Waals surface area contributed by atoms with Crippen LogP contribution in [0, 0.1) is 0 Å². The zero-order chi connectivity index (χ0) is 13.4. The summed E-state index contributed by atoms with van der Waals surface area (Å²) in [5.74, 6) is 1.41. The van der Waals surface area contributed by atoms with E-state index in [9.17, 15) is 4.79 Å². The SMILES string of the molecule is COC(=O)C1CCCn2c1cnc2C1CCN(C)C1. The van der Waals surface area contributed by atoms with Gasteiger partial charge >= 0.3 is 5.97 Å². The summed E-state index contributed by atoms with van der Waals surface area (Å²) < 4.78 is 7.17. The number of esters is 1. The predicted molar refractivity (Wildman–Crippen MR) is 71.1 cm³/mol. The van der Waals surface area contributed by atoms with Crippen molar-refractivity contribution in [3.8, 4) is 0 Å². The highest BCUT2D eigenvalue weighted by Gasteiger charge is 2.33. The van der Waals surface area contributed by atoms with Gasteiger partial charge in [0.1, 0.15) is 5.82 Å². The molecular formula is C14H21N3O2. The lowest BCUT2D eigenvalue weighted by Gasteiger charge is -2.24. The van der Waals surface area contributed by atoms with Crippen LogP contribution >= 0.6 is 0 Å². The molecular weight excluding hydrogens is 242 g/mol. The molecule has 1 saturated heterocycles. The number of ether oxygens (including phenoxy) is 1. The molecule has 2 atom stereocenters. The van der Waals surface area contributed by atoms with E-state index in [-0.39, 0.29) is 11.9 Å². The van der Waals surface area contributed by atoms with Gasteiger partial charge in [0, 0.05) is 25.2 Å². The first-order chi connectivity index (χ1) is 9.20. The van der Waals surface area contributed by atoms with Crippen molar-refractivity contribution in [3.63, 3.8) is 0 Å². The van der Waals surface area contributed by atoms with Crippen molar-refractivity contribution in [2.24, 2.45) is 0 Å². The van der Waals surface area contributed by atoms with Gasteiger partial charge in [0.2, 0.25) is 0 Å². The monoisotopic (exact) mass is 263 g/mol. The van der Waals surface area contributed by atoms with Crippen LogP contribution in [0.15, 0.2) is 6.20 Å². The average molecular weight is 263 g/mol. The topological polar surface area (TPSA) is 47.4 Å². The van der Waals surface area contributed by atoms with Crippen LogP contribution in [0.2, 0.25) is 0 Å². The standard InChI is InChI=1S/C14H21N3O2/c1-16-7-5-10(9-16)13-15-8-12-11(14(18)19-2)4-3-6-17(12)13/h8,10-11H,3-7,9H2,1-2H3. The summed E-state index contributed by atoms with van der Waals surface area (Å²) in [6.07, 6.45) is 4.95. The van der Waals surface area contributed by atoms with Crippen LogP contribution in [-0.2, 0) is 16.1 Å². The molecule has 3 heterocycles. The maximum absolute atomic E-state index is 11.8. The Morgan fingerprint density at radius 2 is 2.26 bits per heavy atom. The number of rotatable bonds is 2. The summed E-state index contributed by atoms with van der Waals surface area (Å²) in [6, 6.07) is 0. The molecule has 1 aromatic heterocycles. The molecule has 5 heteroatoms. The molecule has 3 rings (SSSR count). The van der Waals surface area contributed by atoms with Crippen molar-refractivity contribution in [1.29, 1.82) is 0 Å². The lowest BCUT2D eigenvalue weighted by molar-refractivity contribution is -0.143. The van der Waals surface area contributed by atoms with Gasteiger partial charge in [0.15, 0.2) is 0 Å². The van der Waals surface area contributed by atoms with Crippen molar-refractivity contribution in [2.75, 3.05) is 27.2 Å². The van der Waals surface area contributed by atoms with Crippen molar-refractivity contribution >= 4 is 5.97 Å². The van der Waals surface area contributed by atoms with E-state index in [0.717, 1.165) is 50.4 Å². The molecule has 1 fully saturated rings. The van der Waals surface area contributed by atoms with E-state index >= 15 is 0 Å². The normalized spacial score (nSPS) is 27.3. The third-order valence-electron chi connectivity index (χ3n) is 4.39. The fourth-order valence-electron chi connectivity index (χ4n) is 3.38. The van der Waals surface area contributed by atoms with E-state index in [0.29, 0.717) is 5.92 Å². The fraction of sp³-hybridized carbons (Fsp3) is 0.714. The summed E-state index contributed by atoms with van der Waals surface area (Å²) in [5, 5.41) is 0. The number of aromatic nitrogens is 2.